The summed E-state index contributed by atoms with van der Waals surface area (Å²) in [5.41, 5.74) is 6.91. The van der Waals surface area contributed by atoms with Gasteiger partial charge in [0.2, 0.25) is 0 Å². The van der Waals surface area contributed by atoms with Gasteiger partial charge in [0, 0.05) is 10.8 Å². The van der Waals surface area contributed by atoms with E-state index in [1.807, 2.05) is 6.07 Å². The number of benzene rings is 3. The molecule has 0 radical (unpaired) electrons. The van der Waals surface area contributed by atoms with Gasteiger partial charge < -0.3 is 4.42 Å². The third kappa shape index (κ3) is 1.93. The second kappa shape index (κ2) is 4.49. The summed E-state index contributed by atoms with van der Waals surface area (Å²) in [6.07, 6.45) is 0. The fourth-order valence-electron chi connectivity index (χ4n) is 2.99. The minimum absolute atomic E-state index is 0.953. The number of hydrogen-bond acceptors (Lipinski definition) is 1. The van der Waals surface area contributed by atoms with Crippen molar-refractivity contribution in [3.63, 3.8) is 0 Å². The Bertz CT molecular complexity index is 960. The Morgan fingerprint density at radius 3 is 2.38 bits per heavy atom. The fourth-order valence-corrected chi connectivity index (χ4v) is 2.99. The van der Waals surface area contributed by atoms with Crippen molar-refractivity contribution in [3.05, 3.63) is 71.8 Å². The number of aryl methyl sites for hydroxylation is 2. The summed E-state index contributed by atoms with van der Waals surface area (Å²) in [6.45, 7) is 4.24. The largest absolute Gasteiger partial charge is 0.456 e. The van der Waals surface area contributed by atoms with Crippen LogP contribution in [0.15, 0.2) is 65.1 Å². The average molecular weight is 272 g/mol. The van der Waals surface area contributed by atoms with Gasteiger partial charge in [-0.25, -0.2) is 0 Å². The van der Waals surface area contributed by atoms with Crippen LogP contribution < -0.4 is 0 Å². The third-order valence-corrected chi connectivity index (χ3v) is 3.98. The van der Waals surface area contributed by atoms with Crippen LogP contribution in [-0.4, -0.2) is 0 Å². The number of furan rings is 1. The van der Waals surface area contributed by atoms with Gasteiger partial charge in [0.05, 0.1) is 0 Å². The normalized spacial score (nSPS) is 11.3. The molecule has 1 heteroatoms. The standard InChI is InChI=1S/C20H16O/c1-13-5-3-6-15(11-13)16-7-4-8-19-20(16)17-12-14(2)9-10-18(17)21-19/h3-12H,1-2H3. The molecule has 1 nitrogen and oxygen atoms in total. The molecule has 0 N–H and O–H groups in total. The summed E-state index contributed by atoms with van der Waals surface area (Å²) >= 11 is 0. The highest BCUT2D eigenvalue weighted by Gasteiger charge is 2.12. The third-order valence-electron chi connectivity index (χ3n) is 3.98. The van der Waals surface area contributed by atoms with Gasteiger partial charge in [-0.15, -0.1) is 0 Å². The van der Waals surface area contributed by atoms with Crippen LogP contribution in [0.3, 0.4) is 0 Å². The maximum atomic E-state index is 6.00. The molecule has 0 bridgehead atoms. The molecule has 102 valence electrons. The molecule has 3 aromatic carbocycles. The molecule has 0 saturated carbocycles. The lowest BCUT2D eigenvalue weighted by Crippen LogP contribution is -1.81. The lowest BCUT2D eigenvalue weighted by molar-refractivity contribution is 0.669. The summed E-state index contributed by atoms with van der Waals surface area (Å²) < 4.78 is 6.00. The fraction of sp³-hybridized carbons (Fsp3) is 0.100. The van der Waals surface area contributed by atoms with Crippen LogP contribution in [0.5, 0.6) is 0 Å². The first-order valence-electron chi connectivity index (χ1n) is 7.21. The Labute approximate surface area is 123 Å². The SMILES string of the molecule is Cc1cccc(-c2cccc3oc4ccc(C)cc4c23)c1. The van der Waals surface area contributed by atoms with E-state index in [2.05, 4.69) is 68.4 Å². The van der Waals surface area contributed by atoms with Crippen LogP contribution in [0.4, 0.5) is 0 Å². The topological polar surface area (TPSA) is 13.1 Å². The number of fused-ring (bicyclic) bond motifs is 3. The Hall–Kier alpha value is -2.54. The molecule has 0 atom stereocenters. The van der Waals surface area contributed by atoms with Crippen molar-refractivity contribution < 1.29 is 4.42 Å². The molecular formula is C20H16O. The van der Waals surface area contributed by atoms with E-state index in [9.17, 15) is 0 Å². The minimum Gasteiger partial charge on any atom is -0.456 e. The predicted molar refractivity (Wildman–Crippen MR) is 88.6 cm³/mol. The highest BCUT2D eigenvalue weighted by molar-refractivity contribution is 6.12. The van der Waals surface area contributed by atoms with Crippen LogP contribution in [-0.2, 0) is 0 Å². The molecule has 0 saturated heterocycles. The summed E-state index contributed by atoms with van der Waals surface area (Å²) in [4.78, 5) is 0. The van der Waals surface area contributed by atoms with E-state index in [0.29, 0.717) is 0 Å². The van der Waals surface area contributed by atoms with Crippen molar-refractivity contribution in [1.29, 1.82) is 0 Å². The first-order chi connectivity index (χ1) is 10.2. The molecule has 0 unspecified atom stereocenters. The Kier molecular flexibility index (Phi) is 2.61. The monoisotopic (exact) mass is 272 g/mol. The smallest absolute Gasteiger partial charge is 0.136 e. The summed E-state index contributed by atoms with van der Waals surface area (Å²) in [5, 5.41) is 2.41. The zero-order valence-electron chi connectivity index (χ0n) is 12.2. The Morgan fingerprint density at radius 2 is 1.52 bits per heavy atom. The van der Waals surface area contributed by atoms with Gasteiger partial charge in [-0.1, -0.05) is 53.6 Å². The van der Waals surface area contributed by atoms with Gasteiger partial charge in [0.25, 0.3) is 0 Å². The molecule has 0 spiro atoms. The van der Waals surface area contributed by atoms with Crippen LogP contribution in [0.2, 0.25) is 0 Å². The maximum Gasteiger partial charge on any atom is 0.136 e. The predicted octanol–water partition coefficient (Wildman–Crippen LogP) is 5.87. The second-order valence-corrected chi connectivity index (χ2v) is 5.65. The van der Waals surface area contributed by atoms with E-state index in [-0.39, 0.29) is 0 Å². The highest BCUT2D eigenvalue weighted by atomic mass is 16.3. The first kappa shape index (κ1) is 12.2. The van der Waals surface area contributed by atoms with E-state index >= 15 is 0 Å². The molecule has 0 amide bonds. The maximum absolute atomic E-state index is 6.00. The van der Waals surface area contributed by atoms with Gasteiger partial charge in [-0.2, -0.15) is 0 Å². The van der Waals surface area contributed by atoms with Gasteiger partial charge in [0.15, 0.2) is 0 Å². The van der Waals surface area contributed by atoms with Crippen molar-refractivity contribution in [3.8, 4) is 11.1 Å². The lowest BCUT2D eigenvalue weighted by atomic mass is 9.98. The summed E-state index contributed by atoms with van der Waals surface area (Å²) in [5.74, 6) is 0. The quantitative estimate of drug-likeness (QED) is 0.422. The van der Waals surface area contributed by atoms with Crippen molar-refractivity contribution >= 4 is 21.9 Å². The Morgan fingerprint density at radius 1 is 0.714 bits per heavy atom. The molecule has 0 aliphatic rings. The van der Waals surface area contributed by atoms with Gasteiger partial charge in [-0.3, -0.25) is 0 Å². The molecule has 0 aliphatic heterocycles. The Balaban J connectivity index is 2.14. The molecule has 21 heavy (non-hydrogen) atoms. The van der Waals surface area contributed by atoms with Crippen molar-refractivity contribution in [1.82, 2.24) is 0 Å². The van der Waals surface area contributed by atoms with E-state index in [4.69, 9.17) is 4.42 Å². The molecule has 0 fully saturated rings. The number of hydrogen-bond donors (Lipinski definition) is 0. The first-order valence-corrected chi connectivity index (χ1v) is 7.21. The molecule has 4 rings (SSSR count). The van der Waals surface area contributed by atoms with Crippen LogP contribution in [0.25, 0.3) is 33.1 Å². The van der Waals surface area contributed by atoms with Crippen molar-refractivity contribution in [2.45, 2.75) is 13.8 Å². The van der Waals surface area contributed by atoms with Crippen LogP contribution in [0, 0.1) is 13.8 Å². The van der Waals surface area contributed by atoms with E-state index in [1.54, 1.807) is 0 Å². The van der Waals surface area contributed by atoms with Crippen LogP contribution in [0.1, 0.15) is 11.1 Å². The molecule has 4 aromatic rings. The van der Waals surface area contributed by atoms with Crippen molar-refractivity contribution in [2.24, 2.45) is 0 Å². The van der Waals surface area contributed by atoms with E-state index in [0.717, 1.165) is 11.2 Å². The average Bonchev–Trinajstić information content (AvgIpc) is 2.85. The summed E-state index contributed by atoms with van der Waals surface area (Å²) in [6, 6.07) is 21.3. The second-order valence-electron chi connectivity index (χ2n) is 5.65. The van der Waals surface area contributed by atoms with E-state index in [1.165, 1.54) is 33.0 Å². The van der Waals surface area contributed by atoms with Crippen molar-refractivity contribution in [2.75, 3.05) is 0 Å². The van der Waals surface area contributed by atoms with Gasteiger partial charge in [0.1, 0.15) is 11.2 Å². The molecule has 1 heterocycles. The van der Waals surface area contributed by atoms with Gasteiger partial charge >= 0.3 is 0 Å². The zero-order chi connectivity index (χ0) is 14.4. The van der Waals surface area contributed by atoms with E-state index < -0.39 is 0 Å². The number of rotatable bonds is 1. The summed E-state index contributed by atoms with van der Waals surface area (Å²) in [7, 11) is 0. The van der Waals surface area contributed by atoms with Gasteiger partial charge in [-0.05, 0) is 43.2 Å². The zero-order valence-corrected chi connectivity index (χ0v) is 12.2. The lowest BCUT2D eigenvalue weighted by Gasteiger charge is -2.05. The molecular weight excluding hydrogens is 256 g/mol. The van der Waals surface area contributed by atoms with Crippen LogP contribution >= 0.6 is 0 Å². The highest BCUT2D eigenvalue weighted by Crippen LogP contribution is 2.36. The molecule has 1 aromatic heterocycles. The molecule has 0 aliphatic carbocycles. The minimum atomic E-state index is 0.953.